The Morgan fingerprint density at radius 2 is 2.17 bits per heavy atom. The monoisotopic (exact) mass is 268 g/mol. The van der Waals surface area contributed by atoms with E-state index in [4.69, 9.17) is 17.3 Å². The molecular weight excluding hydrogens is 248 g/mol. The Labute approximate surface area is 114 Å². The van der Waals surface area contributed by atoms with Gasteiger partial charge in [0.05, 0.1) is 10.7 Å². The van der Waals surface area contributed by atoms with Crippen LogP contribution >= 0.6 is 11.6 Å². The number of halogens is 1. The Hall–Kier alpha value is -1.22. The van der Waals surface area contributed by atoms with Crippen LogP contribution < -0.4 is 11.1 Å². The number of unbranched alkanes of at least 4 members (excludes halogenated alkanes) is 1. The van der Waals surface area contributed by atoms with Crippen LogP contribution in [0.2, 0.25) is 5.02 Å². The summed E-state index contributed by atoms with van der Waals surface area (Å²) in [5.41, 5.74) is 6.89. The van der Waals surface area contributed by atoms with Crippen LogP contribution in [0.25, 0.3) is 0 Å². The molecule has 3 nitrogen and oxygen atoms in total. The normalized spacial score (nSPS) is 12.2. The van der Waals surface area contributed by atoms with Crippen LogP contribution in [0.1, 0.15) is 39.5 Å². The molecule has 0 aliphatic rings. The third kappa shape index (κ3) is 4.22. The third-order valence-electron chi connectivity index (χ3n) is 3.03. The summed E-state index contributed by atoms with van der Waals surface area (Å²) >= 11 is 5.84. The molecule has 1 aromatic carbocycles. The highest BCUT2D eigenvalue weighted by atomic mass is 35.5. The van der Waals surface area contributed by atoms with Gasteiger partial charge in [0.2, 0.25) is 5.91 Å². The zero-order chi connectivity index (χ0) is 13.5. The minimum Gasteiger partial charge on any atom is -0.397 e. The van der Waals surface area contributed by atoms with Crippen LogP contribution in [-0.4, -0.2) is 5.91 Å². The molecule has 1 rings (SSSR count). The number of amides is 1. The number of nitrogens with one attached hydrogen (secondary N) is 1. The van der Waals surface area contributed by atoms with Crippen molar-refractivity contribution < 1.29 is 4.79 Å². The number of rotatable bonds is 6. The van der Waals surface area contributed by atoms with Crippen LogP contribution in [0.3, 0.4) is 0 Å². The molecule has 0 radical (unpaired) electrons. The zero-order valence-electron chi connectivity index (χ0n) is 11.0. The molecule has 3 N–H and O–H groups in total. The molecule has 1 atom stereocenters. The second kappa shape index (κ2) is 7.27. The Morgan fingerprint density at radius 1 is 1.44 bits per heavy atom. The lowest BCUT2D eigenvalue weighted by atomic mass is 9.98. The lowest BCUT2D eigenvalue weighted by Gasteiger charge is -2.15. The summed E-state index contributed by atoms with van der Waals surface area (Å²) in [5.74, 6) is 0.134. The van der Waals surface area contributed by atoms with Gasteiger partial charge in [0.15, 0.2) is 0 Å². The van der Waals surface area contributed by atoms with Crippen molar-refractivity contribution >= 4 is 28.9 Å². The SMILES string of the molecule is CCCC[C@@H](CC)C(=O)Nc1ccc(Cl)c(N)c1. The summed E-state index contributed by atoms with van der Waals surface area (Å²) in [7, 11) is 0. The first kappa shape index (κ1) is 14.8. The Balaban J connectivity index is 2.64. The van der Waals surface area contributed by atoms with E-state index in [-0.39, 0.29) is 11.8 Å². The van der Waals surface area contributed by atoms with Gasteiger partial charge in [-0.15, -0.1) is 0 Å². The van der Waals surface area contributed by atoms with Crippen molar-refractivity contribution in [1.29, 1.82) is 0 Å². The van der Waals surface area contributed by atoms with Crippen LogP contribution in [0.5, 0.6) is 0 Å². The molecule has 0 saturated carbocycles. The molecule has 18 heavy (non-hydrogen) atoms. The second-order valence-electron chi connectivity index (χ2n) is 4.47. The molecule has 0 bridgehead atoms. The smallest absolute Gasteiger partial charge is 0.227 e. The predicted molar refractivity (Wildman–Crippen MR) is 77.8 cm³/mol. The number of anilines is 2. The fourth-order valence-electron chi connectivity index (χ4n) is 1.84. The maximum Gasteiger partial charge on any atom is 0.227 e. The zero-order valence-corrected chi connectivity index (χ0v) is 11.8. The highest BCUT2D eigenvalue weighted by Gasteiger charge is 2.15. The summed E-state index contributed by atoms with van der Waals surface area (Å²) in [6, 6.07) is 5.15. The molecule has 0 unspecified atom stereocenters. The molecule has 0 spiro atoms. The van der Waals surface area contributed by atoms with Crippen LogP contribution in [0.4, 0.5) is 11.4 Å². The van der Waals surface area contributed by atoms with Crippen LogP contribution in [0.15, 0.2) is 18.2 Å². The van der Waals surface area contributed by atoms with E-state index in [0.29, 0.717) is 16.4 Å². The summed E-state index contributed by atoms with van der Waals surface area (Å²) in [4.78, 5) is 12.1. The lowest BCUT2D eigenvalue weighted by Crippen LogP contribution is -2.22. The van der Waals surface area contributed by atoms with Gasteiger partial charge >= 0.3 is 0 Å². The second-order valence-corrected chi connectivity index (χ2v) is 4.88. The standard InChI is InChI=1S/C14H21ClN2O/c1-3-5-6-10(4-2)14(18)17-11-7-8-12(15)13(16)9-11/h7-10H,3-6,16H2,1-2H3,(H,17,18)/t10-/m1/s1. The van der Waals surface area contributed by atoms with E-state index < -0.39 is 0 Å². The van der Waals surface area contributed by atoms with Crippen molar-refractivity contribution in [1.82, 2.24) is 0 Å². The van der Waals surface area contributed by atoms with Gasteiger partial charge in [-0.05, 0) is 31.0 Å². The number of nitrogen functional groups attached to an aromatic ring is 1. The van der Waals surface area contributed by atoms with Gasteiger partial charge < -0.3 is 11.1 Å². The van der Waals surface area contributed by atoms with Crippen molar-refractivity contribution in [3.63, 3.8) is 0 Å². The summed E-state index contributed by atoms with van der Waals surface area (Å²) in [6.45, 7) is 4.17. The van der Waals surface area contributed by atoms with E-state index >= 15 is 0 Å². The first-order valence-corrected chi connectivity index (χ1v) is 6.82. The van der Waals surface area contributed by atoms with E-state index in [0.717, 1.165) is 25.7 Å². The molecule has 4 heteroatoms. The van der Waals surface area contributed by atoms with E-state index in [1.54, 1.807) is 18.2 Å². The summed E-state index contributed by atoms with van der Waals surface area (Å²) in [5, 5.41) is 3.40. The van der Waals surface area contributed by atoms with Crippen molar-refractivity contribution in [3.8, 4) is 0 Å². The lowest BCUT2D eigenvalue weighted by molar-refractivity contribution is -0.120. The molecular formula is C14H21ClN2O. The van der Waals surface area contributed by atoms with E-state index in [1.165, 1.54) is 0 Å². The van der Waals surface area contributed by atoms with E-state index in [9.17, 15) is 4.79 Å². The van der Waals surface area contributed by atoms with Gasteiger partial charge in [-0.2, -0.15) is 0 Å². The molecule has 0 fully saturated rings. The third-order valence-corrected chi connectivity index (χ3v) is 3.38. The largest absolute Gasteiger partial charge is 0.397 e. The minimum atomic E-state index is 0.0627. The molecule has 1 amide bonds. The molecule has 0 heterocycles. The van der Waals surface area contributed by atoms with E-state index in [2.05, 4.69) is 12.2 Å². The predicted octanol–water partition coefficient (Wildman–Crippen LogP) is 4.08. The van der Waals surface area contributed by atoms with Gasteiger partial charge in [0.25, 0.3) is 0 Å². The highest BCUT2D eigenvalue weighted by Crippen LogP contribution is 2.23. The fourth-order valence-corrected chi connectivity index (χ4v) is 1.95. The maximum atomic E-state index is 12.1. The van der Waals surface area contributed by atoms with Gasteiger partial charge in [-0.1, -0.05) is 38.3 Å². The Bertz CT molecular complexity index is 407. The number of hydrogen-bond acceptors (Lipinski definition) is 2. The Morgan fingerprint density at radius 3 is 2.72 bits per heavy atom. The molecule has 0 aromatic heterocycles. The van der Waals surface area contributed by atoms with Crippen molar-refractivity contribution in [2.75, 3.05) is 11.1 Å². The quantitative estimate of drug-likeness (QED) is 0.764. The van der Waals surface area contributed by atoms with E-state index in [1.807, 2.05) is 6.92 Å². The number of nitrogens with two attached hydrogens (primary N) is 1. The first-order valence-electron chi connectivity index (χ1n) is 6.44. The number of carbonyl (C=O) groups excluding carboxylic acids is 1. The van der Waals surface area contributed by atoms with Crippen molar-refractivity contribution in [3.05, 3.63) is 23.2 Å². The molecule has 0 saturated heterocycles. The van der Waals surface area contributed by atoms with Crippen molar-refractivity contribution in [2.45, 2.75) is 39.5 Å². The van der Waals surface area contributed by atoms with Gasteiger partial charge in [0, 0.05) is 11.6 Å². The number of carbonyl (C=O) groups is 1. The molecule has 100 valence electrons. The van der Waals surface area contributed by atoms with Crippen molar-refractivity contribution in [2.24, 2.45) is 5.92 Å². The Kier molecular flexibility index (Phi) is 5.99. The average Bonchev–Trinajstić information content (AvgIpc) is 2.35. The van der Waals surface area contributed by atoms with Gasteiger partial charge in [-0.3, -0.25) is 4.79 Å². The number of benzene rings is 1. The molecule has 1 aromatic rings. The highest BCUT2D eigenvalue weighted by molar-refractivity contribution is 6.33. The fraction of sp³-hybridized carbons (Fsp3) is 0.500. The number of hydrogen-bond donors (Lipinski definition) is 2. The average molecular weight is 269 g/mol. The maximum absolute atomic E-state index is 12.1. The summed E-state index contributed by atoms with van der Waals surface area (Å²) < 4.78 is 0. The molecule has 0 aliphatic carbocycles. The minimum absolute atomic E-state index is 0.0627. The van der Waals surface area contributed by atoms with Gasteiger partial charge in [0.1, 0.15) is 0 Å². The first-order chi connectivity index (χ1) is 8.58. The van der Waals surface area contributed by atoms with Crippen LogP contribution in [-0.2, 0) is 4.79 Å². The topological polar surface area (TPSA) is 55.1 Å². The summed E-state index contributed by atoms with van der Waals surface area (Å²) in [6.07, 6.45) is 3.98. The van der Waals surface area contributed by atoms with Crippen LogP contribution in [0, 0.1) is 5.92 Å². The van der Waals surface area contributed by atoms with Gasteiger partial charge in [-0.25, -0.2) is 0 Å². The molecule has 0 aliphatic heterocycles.